The lowest BCUT2D eigenvalue weighted by atomic mass is 10.1. The summed E-state index contributed by atoms with van der Waals surface area (Å²) in [6.07, 6.45) is 6.57. The van der Waals surface area contributed by atoms with Crippen LogP contribution in [0.5, 0.6) is 0 Å². The average molecular weight is 313 g/mol. The molecule has 0 atom stereocenters. The molecule has 1 aliphatic carbocycles. The summed E-state index contributed by atoms with van der Waals surface area (Å²) in [6.45, 7) is 2.29. The van der Waals surface area contributed by atoms with Crippen molar-refractivity contribution in [2.75, 3.05) is 18.0 Å². The lowest BCUT2D eigenvalue weighted by molar-refractivity contribution is -0.122. The van der Waals surface area contributed by atoms with E-state index >= 15 is 0 Å². The normalized spacial score (nSPS) is 23.5. The van der Waals surface area contributed by atoms with Crippen LogP contribution >= 0.6 is 12.2 Å². The number of carbonyl (C=O) groups excluding carboxylic acids is 1. The minimum absolute atomic E-state index is 0.0103. The first-order chi connectivity index (χ1) is 10.7. The highest BCUT2D eigenvalue weighted by atomic mass is 32.1. The predicted octanol–water partition coefficient (Wildman–Crippen LogP) is 2.51. The van der Waals surface area contributed by atoms with Crippen LogP contribution in [0.4, 0.5) is 5.69 Å². The second-order valence-electron chi connectivity index (χ2n) is 6.18. The number of carbonyl (C=O) groups is 1. The van der Waals surface area contributed by atoms with Gasteiger partial charge in [0, 0.05) is 24.8 Å². The van der Waals surface area contributed by atoms with Crippen molar-refractivity contribution in [3.8, 4) is 0 Å². The van der Waals surface area contributed by atoms with Crippen molar-refractivity contribution in [2.45, 2.75) is 31.7 Å². The highest BCUT2D eigenvalue weighted by molar-refractivity contribution is 7.80. The Morgan fingerprint density at radius 3 is 2.45 bits per heavy atom. The summed E-state index contributed by atoms with van der Waals surface area (Å²) >= 11 is 5.27. The van der Waals surface area contributed by atoms with Gasteiger partial charge in [-0.3, -0.25) is 9.69 Å². The summed E-state index contributed by atoms with van der Waals surface area (Å²) in [6, 6.07) is 8.72. The Morgan fingerprint density at radius 1 is 1.14 bits per heavy atom. The van der Waals surface area contributed by atoms with Crippen LogP contribution < -0.4 is 10.2 Å². The lowest BCUT2D eigenvalue weighted by Crippen LogP contribution is -2.32. The average Bonchev–Trinajstić information content (AvgIpc) is 3.10. The Morgan fingerprint density at radius 2 is 1.82 bits per heavy atom. The van der Waals surface area contributed by atoms with Crippen LogP contribution in [0.1, 0.15) is 31.2 Å². The maximum absolute atomic E-state index is 12.4. The van der Waals surface area contributed by atoms with E-state index in [9.17, 15) is 4.79 Å². The molecular formula is C17H19N3OS. The monoisotopic (exact) mass is 313 g/mol. The van der Waals surface area contributed by atoms with Gasteiger partial charge in [0.25, 0.3) is 5.91 Å². The fourth-order valence-corrected chi connectivity index (χ4v) is 3.48. The number of rotatable bonds is 3. The maximum atomic E-state index is 12.4. The summed E-state index contributed by atoms with van der Waals surface area (Å²) in [4.78, 5) is 16.5. The van der Waals surface area contributed by atoms with Gasteiger partial charge in [-0.1, -0.05) is 12.1 Å². The van der Waals surface area contributed by atoms with Crippen LogP contribution in [0.3, 0.4) is 0 Å². The number of nitrogens with one attached hydrogen (secondary N) is 1. The number of nitrogens with zero attached hydrogens (tertiary/aromatic N) is 2. The molecule has 0 aromatic heterocycles. The molecule has 0 spiro atoms. The maximum Gasteiger partial charge on any atom is 0.276 e. The smallest absolute Gasteiger partial charge is 0.276 e. The molecule has 0 bridgehead atoms. The van der Waals surface area contributed by atoms with Gasteiger partial charge in [0.15, 0.2) is 5.11 Å². The third-order valence-electron chi connectivity index (χ3n) is 4.50. The van der Waals surface area contributed by atoms with Crippen LogP contribution in [0, 0.1) is 0 Å². The van der Waals surface area contributed by atoms with Gasteiger partial charge in [-0.25, -0.2) is 0 Å². The molecule has 114 valence electrons. The predicted molar refractivity (Wildman–Crippen MR) is 91.5 cm³/mol. The topological polar surface area (TPSA) is 35.6 Å². The first-order valence-electron chi connectivity index (χ1n) is 7.93. The molecule has 5 heteroatoms. The Balaban J connectivity index is 1.52. The standard InChI is InChI=1S/C17H19N3OS/c21-16-15(18-17(22)20(16)14-7-8-14)11-12-3-5-13(6-4-12)19-9-1-2-10-19/h3-6,11,14H,1-2,7-10H2,(H,18,22)/b15-11+. The molecule has 4 nitrogen and oxygen atoms in total. The molecule has 0 radical (unpaired) electrons. The largest absolute Gasteiger partial charge is 0.372 e. The van der Waals surface area contributed by atoms with E-state index in [1.165, 1.54) is 18.5 Å². The first kappa shape index (κ1) is 13.8. The molecule has 2 aliphatic heterocycles. The second-order valence-corrected chi connectivity index (χ2v) is 6.57. The molecule has 0 unspecified atom stereocenters. The van der Waals surface area contributed by atoms with E-state index in [1.54, 1.807) is 4.90 Å². The number of anilines is 1. The summed E-state index contributed by atoms with van der Waals surface area (Å²) in [5.74, 6) is 0.0103. The van der Waals surface area contributed by atoms with Gasteiger partial charge in [-0.15, -0.1) is 0 Å². The Hall–Kier alpha value is -1.88. The molecule has 4 rings (SSSR count). The van der Waals surface area contributed by atoms with E-state index in [2.05, 4.69) is 34.5 Å². The van der Waals surface area contributed by atoms with E-state index in [1.807, 2.05) is 6.08 Å². The zero-order valence-corrected chi connectivity index (χ0v) is 13.2. The molecular weight excluding hydrogens is 294 g/mol. The molecule has 3 aliphatic rings. The molecule has 1 amide bonds. The summed E-state index contributed by atoms with van der Waals surface area (Å²) < 4.78 is 0. The van der Waals surface area contributed by atoms with Crippen molar-refractivity contribution in [3.05, 3.63) is 35.5 Å². The van der Waals surface area contributed by atoms with E-state index in [4.69, 9.17) is 12.2 Å². The van der Waals surface area contributed by atoms with Crippen molar-refractivity contribution in [2.24, 2.45) is 0 Å². The number of thiocarbonyl (C=S) groups is 1. The van der Waals surface area contributed by atoms with Gasteiger partial charge in [-0.05, 0) is 61.7 Å². The third-order valence-corrected chi connectivity index (χ3v) is 4.80. The highest BCUT2D eigenvalue weighted by Crippen LogP contribution is 2.31. The number of hydrogen-bond acceptors (Lipinski definition) is 3. The fraction of sp³-hybridized carbons (Fsp3) is 0.412. The zero-order chi connectivity index (χ0) is 15.1. The molecule has 22 heavy (non-hydrogen) atoms. The van der Waals surface area contributed by atoms with Crippen molar-refractivity contribution in [3.63, 3.8) is 0 Å². The van der Waals surface area contributed by atoms with E-state index < -0.39 is 0 Å². The van der Waals surface area contributed by atoms with Gasteiger partial charge < -0.3 is 10.2 Å². The van der Waals surface area contributed by atoms with Crippen molar-refractivity contribution in [1.29, 1.82) is 0 Å². The Bertz CT molecular complexity index is 642. The van der Waals surface area contributed by atoms with Crippen LogP contribution in [-0.2, 0) is 4.79 Å². The fourth-order valence-electron chi connectivity index (χ4n) is 3.14. The highest BCUT2D eigenvalue weighted by Gasteiger charge is 2.41. The minimum Gasteiger partial charge on any atom is -0.372 e. The van der Waals surface area contributed by atoms with Gasteiger partial charge >= 0.3 is 0 Å². The van der Waals surface area contributed by atoms with E-state index in [-0.39, 0.29) is 5.91 Å². The minimum atomic E-state index is 0.0103. The molecule has 1 aromatic rings. The number of benzene rings is 1. The van der Waals surface area contributed by atoms with Gasteiger partial charge in [0.2, 0.25) is 0 Å². The summed E-state index contributed by atoms with van der Waals surface area (Å²) in [5.41, 5.74) is 2.88. The van der Waals surface area contributed by atoms with Crippen molar-refractivity contribution in [1.82, 2.24) is 10.2 Å². The van der Waals surface area contributed by atoms with Crippen LogP contribution in [-0.4, -0.2) is 35.1 Å². The zero-order valence-electron chi connectivity index (χ0n) is 12.4. The molecule has 1 saturated carbocycles. The Kier molecular flexibility index (Phi) is 3.37. The molecule has 1 aromatic carbocycles. The summed E-state index contributed by atoms with van der Waals surface area (Å²) in [7, 11) is 0. The van der Waals surface area contributed by atoms with Crippen LogP contribution in [0.25, 0.3) is 6.08 Å². The number of amides is 1. The summed E-state index contributed by atoms with van der Waals surface area (Å²) in [5, 5.41) is 3.60. The first-order valence-corrected chi connectivity index (χ1v) is 8.34. The second kappa shape index (κ2) is 5.39. The Labute approximate surface area is 135 Å². The third kappa shape index (κ3) is 2.50. The van der Waals surface area contributed by atoms with Crippen molar-refractivity contribution >= 4 is 35.0 Å². The van der Waals surface area contributed by atoms with Crippen molar-refractivity contribution < 1.29 is 4.79 Å². The van der Waals surface area contributed by atoms with Gasteiger partial charge in [0.05, 0.1) is 0 Å². The number of hydrogen-bond donors (Lipinski definition) is 1. The van der Waals surface area contributed by atoms with Crippen LogP contribution in [0.2, 0.25) is 0 Å². The van der Waals surface area contributed by atoms with Gasteiger partial charge in [0.1, 0.15) is 5.70 Å². The van der Waals surface area contributed by atoms with E-state index in [0.717, 1.165) is 31.5 Å². The van der Waals surface area contributed by atoms with Crippen LogP contribution in [0.15, 0.2) is 30.0 Å². The molecule has 3 fully saturated rings. The van der Waals surface area contributed by atoms with E-state index in [0.29, 0.717) is 16.9 Å². The lowest BCUT2D eigenvalue weighted by Gasteiger charge is -2.17. The molecule has 2 saturated heterocycles. The molecule has 2 heterocycles. The van der Waals surface area contributed by atoms with Gasteiger partial charge in [-0.2, -0.15) is 0 Å². The quantitative estimate of drug-likeness (QED) is 0.687. The molecule has 1 N–H and O–H groups in total. The SMILES string of the molecule is O=C1/C(=C\c2ccc(N3CCCC3)cc2)NC(=S)N1C1CC1.